The lowest BCUT2D eigenvalue weighted by Crippen LogP contribution is -2.21. The highest BCUT2D eigenvalue weighted by Crippen LogP contribution is 2.27. The minimum Gasteiger partial charge on any atom is -0.318 e. The summed E-state index contributed by atoms with van der Waals surface area (Å²) in [6, 6.07) is 0. The average molecular weight is 114 g/mol. The summed E-state index contributed by atoms with van der Waals surface area (Å²) >= 11 is 0. The van der Waals surface area contributed by atoms with E-state index in [0.717, 1.165) is 0 Å². The summed E-state index contributed by atoms with van der Waals surface area (Å²) in [5, 5.41) is 11.9. The molecule has 3 heteroatoms. The molecule has 1 N–H and O–H groups in total. The van der Waals surface area contributed by atoms with Crippen LogP contribution in [0, 0.1) is 5.92 Å². The SMILES string of the molecule is [O]C(=O)NCC1CC1. The van der Waals surface area contributed by atoms with Gasteiger partial charge in [-0.2, -0.15) is 0 Å². The molecule has 1 fully saturated rings. The quantitative estimate of drug-likeness (QED) is 0.559. The molecular weight excluding hydrogens is 106 g/mol. The van der Waals surface area contributed by atoms with Gasteiger partial charge in [-0.1, -0.05) is 0 Å². The Morgan fingerprint density at radius 1 is 1.62 bits per heavy atom. The van der Waals surface area contributed by atoms with Crippen molar-refractivity contribution in [1.29, 1.82) is 0 Å². The van der Waals surface area contributed by atoms with Crippen molar-refractivity contribution in [3.05, 3.63) is 0 Å². The molecule has 1 saturated carbocycles. The zero-order valence-corrected chi connectivity index (χ0v) is 4.52. The fraction of sp³-hybridized carbons (Fsp3) is 0.800. The number of carbonyl (C=O) groups is 1. The molecule has 0 aromatic rings. The van der Waals surface area contributed by atoms with Gasteiger partial charge in [0, 0.05) is 6.54 Å². The van der Waals surface area contributed by atoms with Crippen LogP contribution in [0.15, 0.2) is 0 Å². The summed E-state index contributed by atoms with van der Waals surface area (Å²) in [5.41, 5.74) is 0. The number of hydrogen-bond donors (Lipinski definition) is 1. The zero-order chi connectivity index (χ0) is 5.98. The third-order valence-electron chi connectivity index (χ3n) is 1.23. The van der Waals surface area contributed by atoms with E-state index in [1.54, 1.807) is 0 Å². The average Bonchev–Trinajstić information content (AvgIpc) is 2.41. The summed E-state index contributed by atoms with van der Waals surface area (Å²) in [4.78, 5) is 9.71. The lowest BCUT2D eigenvalue weighted by Gasteiger charge is -1.91. The van der Waals surface area contributed by atoms with Crippen LogP contribution in [0.3, 0.4) is 0 Å². The Balaban J connectivity index is 1.95. The molecule has 8 heavy (non-hydrogen) atoms. The second kappa shape index (κ2) is 2.03. The maximum absolute atomic E-state index is 9.71. The van der Waals surface area contributed by atoms with E-state index in [2.05, 4.69) is 5.32 Å². The number of amides is 1. The molecule has 0 saturated heterocycles. The van der Waals surface area contributed by atoms with Crippen LogP contribution in [-0.2, 0) is 5.11 Å². The molecule has 1 rings (SSSR count). The highest BCUT2D eigenvalue weighted by molar-refractivity contribution is 5.63. The number of hydrogen-bond acceptors (Lipinski definition) is 1. The largest absolute Gasteiger partial charge is 0.450 e. The Morgan fingerprint density at radius 2 is 2.25 bits per heavy atom. The van der Waals surface area contributed by atoms with Gasteiger partial charge >= 0.3 is 6.09 Å². The second-order valence-corrected chi connectivity index (χ2v) is 2.11. The van der Waals surface area contributed by atoms with Gasteiger partial charge in [0.15, 0.2) is 0 Å². The van der Waals surface area contributed by atoms with Gasteiger partial charge < -0.3 is 5.32 Å². The number of rotatable bonds is 2. The number of carbonyl (C=O) groups excluding carboxylic acids is 1. The van der Waals surface area contributed by atoms with E-state index in [0.29, 0.717) is 12.5 Å². The van der Waals surface area contributed by atoms with E-state index in [-0.39, 0.29) is 0 Å². The van der Waals surface area contributed by atoms with Crippen molar-refractivity contribution in [3.63, 3.8) is 0 Å². The van der Waals surface area contributed by atoms with Gasteiger partial charge in [0.1, 0.15) is 0 Å². The molecule has 1 aliphatic carbocycles. The van der Waals surface area contributed by atoms with E-state index >= 15 is 0 Å². The van der Waals surface area contributed by atoms with E-state index in [1.165, 1.54) is 12.8 Å². The van der Waals surface area contributed by atoms with Crippen molar-refractivity contribution < 1.29 is 9.90 Å². The van der Waals surface area contributed by atoms with Gasteiger partial charge in [0.25, 0.3) is 0 Å². The van der Waals surface area contributed by atoms with Gasteiger partial charge in [-0.05, 0) is 18.8 Å². The Bertz CT molecular complexity index is 98.6. The van der Waals surface area contributed by atoms with Crippen LogP contribution in [0.25, 0.3) is 0 Å². The minimum absolute atomic E-state index is 0.586. The molecular formula is C5H8NO2. The van der Waals surface area contributed by atoms with Crippen LogP contribution in [0.2, 0.25) is 0 Å². The van der Waals surface area contributed by atoms with Crippen molar-refractivity contribution in [2.75, 3.05) is 6.54 Å². The molecule has 0 aliphatic heterocycles. The first-order valence-electron chi connectivity index (χ1n) is 2.74. The van der Waals surface area contributed by atoms with Crippen LogP contribution in [0.1, 0.15) is 12.8 Å². The molecule has 1 aliphatic rings. The molecule has 0 bridgehead atoms. The monoisotopic (exact) mass is 114 g/mol. The first-order valence-corrected chi connectivity index (χ1v) is 2.74. The Hall–Kier alpha value is -0.730. The van der Waals surface area contributed by atoms with Crippen LogP contribution in [0.4, 0.5) is 4.79 Å². The summed E-state index contributed by atoms with van der Waals surface area (Å²) in [5.74, 6) is 0.605. The summed E-state index contributed by atoms with van der Waals surface area (Å²) < 4.78 is 0. The van der Waals surface area contributed by atoms with Crippen molar-refractivity contribution in [3.8, 4) is 0 Å². The third-order valence-corrected chi connectivity index (χ3v) is 1.23. The van der Waals surface area contributed by atoms with Crippen LogP contribution in [-0.4, -0.2) is 12.6 Å². The van der Waals surface area contributed by atoms with Gasteiger partial charge in [-0.25, -0.2) is 9.90 Å². The van der Waals surface area contributed by atoms with Gasteiger partial charge in [0.2, 0.25) is 0 Å². The normalized spacial score (nSPS) is 18.0. The highest BCUT2D eigenvalue weighted by Gasteiger charge is 2.21. The molecule has 1 radical (unpaired) electrons. The van der Waals surface area contributed by atoms with Crippen LogP contribution < -0.4 is 5.32 Å². The third kappa shape index (κ3) is 1.82. The van der Waals surface area contributed by atoms with Gasteiger partial charge in [-0.3, -0.25) is 0 Å². The van der Waals surface area contributed by atoms with Crippen molar-refractivity contribution in [1.82, 2.24) is 5.32 Å². The first-order chi connectivity index (χ1) is 3.79. The van der Waals surface area contributed by atoms with Crippen LogP contribution in [0.5, 0.6) is 0 Å². The molecule has 0 aromatic carbocycles. The van der Waals surface area contributed by atoms with Crippen molar-refractivity contribution >= 4 is 6.09 Å². The Labute approximate surface area is 47.7 Å². The van der Waals surface area contributed by atoms with E-state index in [9.17, 15) is 9.90 Å². The molecule has 3 nitrogen and oxygen atoms in total. The fourth-order valence-corrected chi connectivity index (χ4v) is 0.550. The first kappa shape index (κ1) is 5.41. The van der Waals surface area contributed by atoms with Crippen molar-refractivity contribution in [2.24, 2.45) is 5.92 Å². The smallest absolute Gasteiger partial charge is 0.318 e. The summed E-state index contributed by atoms with van der Waals surface area (Å²) in [7, 11) is 0. The molecule has 0 unspecified atom stereocenters. The van der Waals surface area contributed by atoms with E-state index in [4.69, 9.17) is 0 Å². The molecule has 0 heterocycles. The van der Waals surface area contributed by atoms with E-state index < -0.39 is 6.09 Å². The molecule has 1 amide bonds. The molecule has 0 spiro atoms. The van der Waals surface area contributed by atoms with Crippen LogP contribution >= 0.6 is 0 Å². The molecule has 0 atom stereocenters. The van der Waals surface area contributed by atoms with Gasteiger partial charge in [-0.15, -0.1) is 0 Å². The second-order valence-electron chi connectivity index (χ2n) is 2.11. The maximum Gasteiger partial charge on any atom is 0.450 e. The Kier molecular flexibility index (Phi) is 1.37. The topological polar surface area (TPSA) is 49.0 Å². The fourth-order valence-electron chi connectivity index (χ4n) is 0.550. The summed E-state index contributed by atoms with van der Waals surface area (Å²) in [6.07, 6.45) is 1.18. The Morgan fingerprint density at radius 3 is 2.62 bits per heavy atom. The predicted molar refractivity (Wildman–Crippen MR) is 26.8 cm³/mol. The lowest BCUT2D eigenvalue weighted by molar-refractivity contribution is 0.168. The standard InChI is InChI=1S/C5H8NO2/c7-5(8)6-3-4-1-2-4/h4,6H,1-3H2. The van der Waals surface area contributed by atoms with E-state index in [1.807, 2.05) is 0 Å². The summed E-state index contributed by atoms with van der Waals surface area (Å²) in [6.45, 7) is 0.586. The lowest BCUT2D eigenvalue weighted by atomic mass is 10.4. The maximum atomic E-state index is 9.71. The van der Waals surface area contributed by atoms with Gasteiger partial charge in [0.05, 0.1) is 0 Å². The minimum atomic E-state index is -1.16. The highest BCUT2D eigenvalue weighted by atomic mass is 16.4. The van der Waals surface area contributed by atoms with Crippen molar-refractivity contribution in [2.45, 2.75) is 12.8 Å². The molecule has 0 aromatic heterocycles. The number of nitrogens with one attached hydrogen (secondary N) is 1. The molecule has 45 valence electrons. The zero-order valence-electron chi connectivity index (χ0n) is 4.52. The predicted octanol–water partition coefficient (Wildman–Crippen LogP) is 0.536.